The number of fused-ring (bicyclic) bond motifs is 4. The lowest BCUT2D eigenvalue weighted by Crippen LogP contribution is -2.60. The van der Waals surface area contributed by atoms with Gasteiger partial charge in [0.2, 0.25) is 15.7 Å². The Morgan fingerprint density at radius 1 is 0.895 bits per heavy atom. The van der Waals surface area contributed by atoms with Crippen molar-refractivity contribution in [2.24, 2.45) is 17.1 Å². The van der Waals surface area contributed by atoms with Crippen LogP contribution >= 0.6 is 0 Å². The second-order valence-electron chi connectivity index (χ2n) is 21.7. The number of amides is 1. The second-order valence-corrected chi connectivity index (χ2v) is 23.6. The van der Waals surface area contributed by atoms with Gasteiger partial charge in [-0.2, -0.15) is 4.98 Å². The first-order chi connectivity index (χ1) is 36.9. The number of aromatic amines is 1. The van der Waals surface area contributed by atoms with Gasteiger partial charge in [-0.1, -0.05) is 30.3 Å². The molecule has 4 atom stereocenters. The average Bonchev–Trinajstić information content (AvgIpc) is 4.05. The first-order valence-corrected chi connectivity index (χ1v) is 28.2. The van der Waals surface area contributed by atoms with E-state index < -0.39 is 38.5 Å². The number of piperazine rings is 1. The second kappa shape index (κ2) is 19.2. The van der Waals surface area contributed by atoms with E-state index in [2.05, 4.69) is 62.3 Å². The lowest BCUT2D eigenvalue weighted by atomic mass is 9.59. The van der Waals surface area contributed by atoms with Gasteiger partial charge in [-0.15, -0.1) is 0 Å². The topological polar surface area (TPSA) is 224 Å². The molecule has 0 unspecified atom stereocenters. The number of H-pyrrole nitrogens is 1. The van der Waals surface area contributed by atoms with Gasteiger partial charge in [0.25, 0.3) is 11.6 Å². The van der Waals surface area contributed by atoms with E-state index in [1.165, 1.54) is 17.2 Å². The summed E-state index contributed by atoms with van der Waals surface area (Å²) in [7, 11) is -4.79. The molecule has 5 fully saturated rings. The molecule has 7 aliphatic rings. The maximum absolute atomic E-state index is 16.2. The number of hydrogen-bond acceptors (Lipinski definition) is 16. The molecule has 6 aromatic rings. The molecule has 0 bridgehead atoms. The molecule has 1 spiro atoms. The Morgan fingerprint density at radius 3 is 2.47 bits per heavy atom. The molecule has 4 saturated heterocycles. The van der Waals surface area contributed by atoms with Crippen molar-refractivity contribution in [3.63, 3.8) is 0 Å². The number of hydrogen-bond donors (Lipinski definition) is 3. The van der Waals surface area contributed by atoms with Crippen molar-refractivity contribution >= 4 is 61.0 Å². The van der Waals surface area contributed by atoms with Crippen LogP contribution in [0.3, 0.4) is 0 Å². The highest BCUT2D eigenvalue weighted by Crippen LogP contribution is 2.56. The van der Waals surface area contributed by atoms with Gasteiger partial charge in [0.15, 0.2) is 11.4 Å². The van der Waals surface area contributed by atoms with Crippen molar-refractivity contribution < 1.29 is 37.1 Å². The Hall–Kier alpha value is -7.00. The van der Waals surface area contributed by atoms with Crippen LogP contribution in [0.1, 0.15) is 72.5 Å². The Kier molecular flexibility index (Phi) is 12.3. The third-order valence-electron chi connectivity index (χ3n) is 17.5. The minimum Gasteiger partial charge on any atom is -0.489 e. The number of nitrogens with two attached hydrogens (primary N) is 1. The van der Waals surface area contributed by atoms with Crippen LogP contribution in [-0.4, -0.2) is 129 Å². The highest BCUT2D eigenvalue weighted by molar-refractivity contribution is 7.91. The largest absolute Gasteiger partial charge is 0.489 e. The summed E-state index contributed by atoms with van der Waals surface area (Å²) in [5.41, 5.74) is 10.1. The van der Waals surface area contributed by atoms with E-state index in [1.807, 2.05) is 35.4 Å². The zero-order valence-electron chi connectivity index (χ0n) is 42.4. The smallest absolute Gasteiger partial charge is 0.297 e. The number of carbonyl (C=O) groups excluding carboxylic acids is 1. The van der Waals surface area contributed by atoms with Crippen LogP contribution in [-0.2, 0) is 19.3 Å². The zero-order valence-corrected chi connectivity index (χ0v) is 43.3. The molecule has 4 N–H and O–H groups in total. The van der Waals surface area contributed by atoms with Gasteiger partial charge in [0.1, 0.15) is 34.8 Å². The molecule has 76 heavy (non-hydrogen) atoms. The molecule has 19 nitrogen and oxygen atoms in total. The summed E-state index contributed by atoms with van der Waals surface area (Å²) in [5, 5.41) is 17.2. The summed E-state index contributed by atoms with van der Waals surface area (Å²) < 4.78 is 56.9. The fourth-order valence-corrected chi connectivity index (χ4v) is 15.2. The number of nitrogens with zero attached hydrogens (tertiary/aromatic N) is 7. The maximum atomic E-state index is 16.2. The van der Waals surface area contributed by atoms with Crippen LogP contribution < -0.4 is 35.2 Å². The number of nitro groups is 1. The van der Waals surface area contributed by atoms with Gasteiger partial charge in [-0.3, -0.25) is 19.8 Å². The van der Waals surface area contributed by atoms with Crippen LogP contribution in [0.4, 0.5) is 34.3 Å². The summed E-state index contributed by atoms with van der Waals surface area (Å²) in [6, 6.07) is 24.1. The molecular weight excluding hydrogens is 989 g/mol. The van der Waals surface area contributed by atoms with Crippen molar-refractivity contribution in [2.45, 2.75) is 91.9 Å². The normalized spacial score (nSPS) is 23.9. The number of nitro benzene ring substituents is 1. The van der Waals surface area contributed by atoms with Gasteiger partial charge in [0, 0.05) is 88.5 Å². The Labute approximate surface area is 440 Å². The molecule has 6 aliphatic heterocycles. The first-order valence-electron chi connectivity index (χ1n) is 26.7. The van der Waals surface area contributed by atoms with E-state index in [-0.39, 0.29) is 75.0 Å². The van der Waals surface area contributed by atoms with Crippen molar-refractivity contribution in [1.29, 1.82) is 0 Å². The van der Waals surface area contributed by atoms with Crippen molar-refractivity contribution in [3.05, 3.63) is 118 Å². The number of primary amides is 1. The summed E-state index contributed by atoms with van der Waals surface area (Å²) in [6.45, 7) is 7.77. The Morgan fingerprint density at radius 2 is 1.70 bits per heavy atom. The van der Waals surface area contributed by atoms with Crippen LogP contribution in [0, 0.1) is 28.4 Å². The SMILES string of the molecule is Cc1ccccc1[C@@H]1CN(c2ccccn2)CCN1C1CC2(CCN(c3ccc(C(N)=O)c(N4c5cc6cc[nH]c6nc5O[C@H]5COCC[C@@H]54)c3S(=O)(=O)c3cc4c(c([N+](=O)[O-])c3)N[C@H](C3CCOCC3)CO4)CC2)C1. The Balaban J connectivity index is 0.881. The average molecular weight is 1050 g/mol. The molecule has 1 aliphatic carbocycles. The minimum absolute atomic E-state index is 0.0269. The third-order valence-corrected chi connectivity index (χ3v) is 19.3. The maximum Gasteiger partial charge on any atom is 0.297 e. The number of ether oxygens (including phenoxy) is 4. The van der Waals surface area contributed by atoms with E-state index in [0.717, 1.165) is 75.4 Å². The number of aryl methyl sites for hydroxylation is 1. The van der Waals surface area contributed by atoms with Gasteiger partial charge in [-0.05, 0) is 111 Å². The molecular formula is C56H62N10O9S. The molecule has 0 radical (unpaired) electrons. The summed E-state index contributed by atoms with van der Waals surface area (Å²) in [6.07, 6.45) is 8.63. The number of nitrogens with one attached hydrogen (secondary N) is 2. The molecule has 3 aromatic heterocycles. The number of anilines is 5. The van der Waals surface area contributed by atoms with Crippen molar-refractivity contribution in [3.8, 4) is 11.6 Å². The molecule has 20 heteroatoms. The first kappa shape index (κ1) is 48.6. The molecule has 1 saturated carbocycles. The summed E-state index contributed by atoms with van der Waals surface area (Å²) >= 11 is 0. The van der Waals surface area contributed by atoms with Crippen LogP contribution in [0.25, 0.3) is 11.0 Å². The van der Waals surface area contributed by atoms with Gasteiger partial charge >= 0.3 is 0 Å². The van der Waals surface area contributed by atoms with Crippen LogP contribution in [0.15, 0.2) is 101 Å². The molecule has 1 amide bonds. The fraction of sp³-hybridized carbons (Fsp3) is 0.446. The lowest BCUT2D eigenvalue weighted by Gasteiger charge is -2.58. The monoisotopic (exact) mass is 1050 g/mol. The van der Waals surface area contributed by atoms with E-state index in [9.17, 15) is 14.9 Å². The van der Waals surface area contributed by atoms with Crippen LogP contribution in [0.2, 0.25) is 0 Å². The van der Waals surface area contributed by atoms with E-state index in [1.54, 1.807) is 18.3 Å². The van der Waals surface area contributed by atoms with Gasteiger partial charge < -0.3 is 49.7 Å². The minimum atomic E-state index is -4.79. The number of benzene rings is 3. The van der Waals surface area contributed by atoms with Gasteiger partial charge in [0.05, 0.1) is 51.5 Å². The highest BCUT2D eigenvalue weighted by atomic mass is 32.2. The van der Waals surface area contributed by atoms with Gasteiger partial charge in [-0.25, -0.2) is 13.4 Å². The number of sulfone groups is 1. The zero-order chi connectivity index (χ0) is 51.9. The number of piperidine rings is 1. The van der Waals surface area contributed by atoms with E-state index >= 15 is 8.42 Å². The Bertz CT molecular complexity index is 3340. The number of pyridine rings is 2. The molecule has 9 heterocycles. The number of carbonyl (C=O) groups is 1. The third kappa shape index (κ3) is 8.44. The van der Waals surface area contributed by atoms with E-state index in [0.29, 0.717) is 62.4 Å². The predicted molar refractivity (Wildman–Crippen MR) is 286 cm³/mol. The predicted octanol–water partition coefficient (Wildman–Crippen LogP) is 7.71. The van der Waals surface area contributed by atoms with E-state index in [4.69, 9.17) is 34.6 Å². The number of aromatic nitrogens is 3. The lowest BCUT2D eigenvalue weighted by molar-refractivity contribution is -0.384. The van der Waals surface area contributed by atoms with Crippen molar-refractivity contribution in [1.82, 2.24) is 19.9 Å². The molecule has 3 aromatic carbocycles. The molecule has 13 rings (SSSR count). The fourth-order valence-electron chi connectivity index (χ4n) is 13.5. The standard InChI is InChI=1S/C56H62N10O9S/c1-34-6-2-3-7-39(34)46-31-63(49-8-4-5-17-58-49)21-22-64(46)37-29-56(30-37)15-19-62(20-16-56)43-10-9-40(53(57)67)51(65-42-14-25-73-33-48(42)75-55-45(65)26-36-11-18-59-54(36)61-55)52(43)76(70,71)38-27-44(66(68)69)50-47(28-38)74-32-41(60-50)35-12-23-72-24-13-35/h2-11,17-18,26-28,35,37,41-42,46,48,60H,12-16,19-25,29-33H2,1H3,(H2,57,67)(H,59,61)/t41-,42-,46-,48-/m0/s1. The number of rotatable bonds is 10. The van der Waals surface area contributed by atoms with Crippen molar-refractivity contribution in [2.75, 3.05) is 85.8 Å². The summed E-state index contributed by atoms with van der Waals surface area (Å²) in [4.78, 5) is 47.8. The quantitative estimate of drug-likeness (QED) is 0.0883. The summed E-state index contributed by atoms with van der Waals surface area (Å²) in [5.74, 6) is 0.596. The molecule has 396 valence electrons. The van der Waals surface area contributed by atoms with Crippen LogP contribution in [0.5, 0.6) is 11.6 Å². The highest BCUT2D eigenvalue weighted by Gasteiger charge is 2.51.